The lowest BCUT2D eigenvalue weighted by Gasteiger charge is -2.19. The highest BCUT2D eigenvalue weighted by atomic mass is 32.2. The zero-order chi connectivity index (χ0) is 13.4. The smallest absolute Gasteiger partial charge is 0.0436 e. The minimum Gasteiger partial charge on any atom is -0.309 e. The summed E-state index contributed by atoms with van der Waals surface area (Å²) >= 11 is 0. The van der Waals surface area contributed by atoms with Crippen LogP contribution < -0.4 is 5.32 Å². The van der Waals surface area contributed by atoms with Gasteiger partial charge in [0.05, 0.1) is 0 Å². The Hall–Kier alpha value is -0.670. The van der Waals surface area contributed by atoms with E-state index in [1.165, 1.54) is 5.56 Å². The molecule has 0 heterocycles. The first-order valence-electron chi connectivity index (χ1n) is 6.76. The Morgan fingerprint density at radius 2 is 1.83 bits per heavy atom. The lowest BCUT2D eigenvalue weighted by atomic mass is 10.1. The van der Waals surface area contributed by atoms with Crippen LogP contribution in [0.15, 0.2) is 30.3 Å². The van der Waals surface area contributed by atoms with Gasteiger partial charge in [0.2, 0.25) is 0 Å². The van der Waals surface area contributed by atoms with Crippen molar-refractivity contribution >= 4 is 10.8 Å². The number of hydrogen-bond acceptors (Lipinski definition) is 2. The molecule has 1 N–H and O–H groups in total. The van der Waals surface area contributed by atoms with E-state index in [2.05, 4.69) is 38.2 Å². The predicted octanol–water partition coefficient (Wildman–Crippen LogP) is 3.13. The standard InChI is InChI=1S/C15H25NOS/c1-4-10-16-15(12-18(17)11-13(2)3)14-8-6-5-7-9-14/h5-9,13,15-16H,4,10-12H2,1-3H3. The van der Waals surface area contributed by atoms with Crippen LogP contribution >= 0.6 is 0 Å². The molecule has 18 heavy (non-hydrogen) atoms. The second-order valence-corrected chi connectivity index (χ2v) is 6.63. The topological polar surface area (TPSA) is 29.1 Å². The van der Waals surface area contributed by atoms with Gasteiger partial charge in [-0.05, 0) is 24.4 Å². The second kappa shape index (κ2) is 8.44. The average Bonchev–Trinajstić information content (AvgIpc) is 2.34. The van der Waals surface area contributed by atoms with Crippen molar-refractivity contribution in [1.29, 1.82) is 0 Å². The van der Waals surface area contributed by atoms with Crippen LogP contribution in [-0.2, 0) is 10.8 Å². The lowest BCUT2D eigenvalue weighted by molar-refractivity contribution is 0.567. The maximum atomic E-state index is 12.1. The first-order chi connectivity index (χ1) is 8.63. The maximum absolute atomic E-state index is 12.1. The van der Waals surface area contributed by atoms with Crippen LogP contribution in [0.25, 0.3) is 0 Å². The van der Waals surface area contributed by atoms with Crippen molar-refractivity contribution in [2.45, 2.75) is 33.2 Å². The molecular weight excluding hydrogens is 242 g/mol. The van der Waals surface area contributed by atoms with E-state index in [-0.39, 0.29) is 6.04 Å². The molecule has 0 saturated carbocycles. The zero-order valence-electron chi connectivity index (χ0n) is 11.7. The molecule has 102 valence electrons. The molecule has 0 saturated heterocycles. The largest absolute Gasteiger partial charge is 0.309 e. The molecule has 0 radical (unpaired) electrons. The summed E-state index contributed by atoms with van der Waals surface area (Å²) in [6.45, 7) is 7.36. The SMILES string of the molecule is CCCNC(CS(=O)CC(C)C)c1ccccc1. The molecule has 0 amide bonds. The van der Waals surface area contributed by atoms with Crippen molar-refractivity contribution in [3.05, 3.63) is 35.9 Å². The molecule has 2 nitrogen and oxygen atoms in total. The van der Waals surface area contributed by atoms with Gasteiger partial charge in [-0.1, -0.05) is 51.1 Å². The summed E-state index contributed by atoms with van der Waals surface area (Å²) in [6, 6.07) is 10.5. The summed E-state index contributed by atoms with van der Waals surface area (Å²) in [6.07, 6.45) is 1.10. The van der Waals surface area contributed by atoms with Crippen LogP contribution in [0.2, 0.25) is 0 Å². The Kier molecular flexibility index (Phi) is 7.21. The molecule has 1 rings (SSSR count). The highest BCUT2D eigenvalue weighted by Gasteiger charge is 2.14. The van der Waals surface area contributed by atoms with E-state index in [9.17, 15) is 4.21 Å². The zero-order valence-corrected chi connectivity index (χ0v) is 12.5. The third-order valence-electron chi connectivity index (χ3n) is 2.71. The summed E-state index contributed by atoms with van der Waals surface area (Å²) in [5.74, 6) is 1.99. The number of nitrogens with one attached hydrogen (secondary N) is 1. The van der Waals surface area contributed by atoms with Gasteiger partial charge >= 0.3 is 0 Å². The normalized spacial score (nSPS) is 14.7. The Morgan fingerprint density at radius 1 is 1.17 bits per heavy atom. The van der Waals surface area contributed by atoms with Gasteiger partial charge in [-0.25, -0.2) is 0 Å². The fourth-order valence-corrected chi connectivity index (χ4v) is 3.46. The van der Waals surface area contributed by atoms with E-state index in [0.717, 1.165) is 18.7 Å². The molecular formula is C15H25NOS. The van der Waals surface area contributed by atoms with Gasteiger partial charge in [-0.15, -0.1) is 0 Å². The highest BCUT2D eigenvalue weighted by Crippen LogP contribution is 2.14. The molecule has 0 spiro atoms. The van der Waals surface area contributed by atoms with Crippen molar-refractivity contribution < 1.29 is 4.21 Å². The molecule has 0 bridgehead atoms. The fraction of sp³-hybridized carbons (Fsp3) is 0.600. The van der Waals surface area contributed by atoms with Crippen molar-refractivity contribution in [3.8, 4) is 0 Å². The van der Waals surface area contributed by atoms with Gasteiger partial charge in [0.25, 0.3) is 0 Å². The van der Waals surface area contributed by atoms with Crippen LogP contribution in [-0.4, -0.2) is 22.3 Å². The Morgan fingerprint density at radius 3 is 2.39 bits per heavy atom. The van der Waals surface area contributed by atoms with Crippen molar-refractivity contribution in [3.63, 3.8) is 0 Å². The third kappa shape index (κ3) is 5.78. The minimum absolute atomic E-state index is 0.214. The quantitative estimate of drug-likeness (QED) is 0.784. The van der Waals surface area contributed by atoms with E-state index >= 15 is 0 Å². The Bertz CT molecular complexity index is 351. The summed E-state index contributed by atoms with van der Waals surface area (Å²) in [4.78, 5) is 0. The Balaban J connectivity index is 2.64. The van der Waals surface area contributed by atoms with Crippen LogP contribution in [0, 0.1) is 5.92 Å². The summed E-state index contributed by atoms with van der Waals surface area (Å²) in [5.41, 5.74) is 1.24. The molecule has 0 aliphatic rings. The number of rotatable bonds is 8. The number of benzene rings is 1. The second-order valence-electron chi connectivity index (χ2n) is 5.08. The van der Waals surface area contributed by atoms with Crippen LogP contribution in [0.3, 0.4) is 0 Å². The first kappa shape index (κ1) is 15.4. The summed E-state index contributed by atoms with van der Waals surface area (Å²) < 4.78 is 12.1. The molecule has 0 aromatic heterocycles. The predicted molar refractivity (Wildman–Crippen MR) is 80.2 cm³/mol. The molecule has 1 aromatic carbocycles. The van der Waals surface area contributed by atoms with Crippen molar-refractivity contribution in [1.82, 2.24) is 5.32 Å². The summed E-state index contributed by atoms with van der Waals surface area (Å²) in [7, 11) is -0.747. The van der Waals surface area contributed by atoms with E-state index in [4.69, 9.17) is 0 Å². The summed E-state index contributed by atoms with van der Waals surface area (Å²) in [5, 5.41) is 3.50. The van der Waals surface area contributed by atoms with E-state index in [1.54, 1.807) is 0 Å². The lowest BCUT2D eigenvalue weighted by Crippen LogP contribution is -2.28. The van der Waals surface area contributed by atoms with Gasteiger partial charge in [-0.2, -0.15) is 0 Å². The molecule has 0 aliphatic heterocycles. The molecule has 1 aromatic rings. The molecule has 0 fully saturated rings. The van der Waals surface area contributed by atoms with Gasteiger partial charge in [0, 0.05) is 28.3 Å². The van der Waals surface area contributed by atoms with Crippen LogP contribution in [0.4, 0.5) is 0 Å². The average molecular weight is 267 g/mol. The van der Waals surface area contributed by atoms with Gasteiger partial charge in [0.1, 0.15) is 0 Å². The minimum atomic E-state index is -0.747. The highest BCUT2D eigenvalue weighted by molar-refractivity contribution is 7.85. The van der Waals surface area contributed by atoms with Gasteiger partial charge in [0.15, 0.2) is 0 Å². The van der Waals surface area contributed by atoms with Crippen molar-refractivity contribution in [2.75, 3.05) is 18.1 Å². The van der Waals surface area contributed by atoms with E-state index in [1.807, 2.05) is 18.2 Å². The molecule has 3 heteroatoms. The maximum Gasteiger partial charge on any atom is 0.0436 e. The Labute approximate surface area is 114 Å². The molecule has 2 unspecified atom stereocenters. The molecule has 2 atom stereocenters. The fourth-order valence-electron chi connectivity index (χ4n) is 1.90. The monoisotopic (exact) mass is 267 g/mol. The van der Waals surface area contributed by atoms with Crippen LogP contribution in [0.5, 0.6) is 0 Å². The van der Waals surface area contributed by atoms with Crippen molar-refractivity contribution in [2.24, 2.45) is 5.92 Å². The first-order valence-corrected chi connectivity index (χ1v) is 8.25. The van der Waals surface area contributed by atoms with E-state index < -0.39 is 10.8 Å². The number of hydrogen-bond donors (Lipinski definition) is 1. The third-order valence-corrected chi connectivity index (χ3v) is 4.46. The van der Waals surface area contributed by atoms with E-state index in [0.29, 0.717) is 11.7 Å². The van der Waals surface area contributed by atoms with Gasteiger partial charge in [-0.3, -0.25) is 4.21 Å². The van der Waals surface area contributed by atoms with Crippen LogP contribution in [0.1, 0.15) is 38.8 Å². The molecule has 0 aliphatic carbocycles. The van der Waals surface area contributed by atoms with Gasteiger partial charge < -0.3 is 5.32 Å².